The molecule has 0 saturated heterocycles. The fourth-order valence-electron chi connectivity index (χ4n) is 3.80. The van der Waals surface area contributed by atoms with Crippen LogP contribution in [0.2, 0.25) is 0 Å². The SMILES string of the molecule is O=C1Nc2ccc3c(c2C1=Cc1[nH]cc2c1CCOC2=O)CCOS3(=O)=O. The van der Waals surface area contributed by atoms with Gasteiger partial charge in [-0.2, -0.15) is 8.42 Å². The maximum Gasteiger partial charge on any atom is 0.339 e. The van der Waals surface area contributed by atoms with E-state index in [0.29, 0.717) is 46.5 Å². The van der Waals surface area contributed by atoms with Gasteiger partial charge in [0.25, 0.3) is 16.0 Å². The van der Waals surface area contributed by atoms with Crippen molar-refractivity contribution in [3.05, 3.63) is 46.3 Å². The van der Waals surface area contributed by atoms with Gasteiger partial charge in [0.2, 0.25) is 0 Å². The van der Waals surface area contributed by atoms with Gasteiger partial charge < -0.3 is 15.0 Å². The lowest BCUT2D eigenvalue weighted by Crippen LogP contribution is -2.19. The van der Waals surface area contributed by atoms with Gasteiger partial charge in [-0.25, -0.2) is 4.79 Å². The number of hydrogen-bond acceptors (Lipinski definition) is 6. The van der Waals surface area contributed by atoms with Gasteiger partial charge >= 0.3 is 5.97 Å². The molecule has 1 aromatic heterocycles. The van der Waals surface area contributed by atoms with E-state index in [1.807, 2.05) is 0 Å². The number of benzene rings is 1. The lowest BCUT2D eigenvalue weighted by molar-refractivity contribution is -0.110. The number of amides is 1. The summed E-state index contributed by atoms with van der Waals surface area (Å²) in [5.41, 5.74) is 3.98. The summed E-state index contributed by atoms with van der Waals surface area (Å²) >= 11 is 0. The highest BCUT2D eigenvalue weighted by Gasteiger charge is 2.34. The molecule has 0 atom stereocenters. The summed E-state index contributed by atoms with van der Waals surface area (Å²) in [7, 11) is -3.82. The third-order valence-electron chi connectivity index (χ3n) is 5.01. The van der Waals surface area contributed by atoms with Crippen molar-refractivity contribution in [2.75, 3.05) is 18.5 Å². The average molecular weight is 386 g/mol. The van der Waals surface area contributed by atoms with E-state index in [9.17, 15) is 18.0 Å². The van der Waals surface area contributed by atoms with Crippen LogP contribution in [0.1, 0.15) is 32.7 Å². The van der Waals surface area contributed by atoms with E-state index in [1.165, 1.54) is 6.07 Å². The number of esters is 1. The van der Waals surface area contributed by atoms with E-state index in [-0.39, 0.29) is 24.0 Å². The summed E-state index contributed by atoms with van der Waals surface area (Å²) in [5, 5.41) is 2.78. The van der Waals surface area contributed by atoms with Crippen molar-refractivity contribution in [3.63, 3.8) is 0 Å². The number of H-pyrrole nitrogens is 1. The molecule has 1 aromatic carbocycles. The van der Waals surface area contributed by atoms with Crippen LogP contribution < -0.4 is 5.32 Å². The Bertz CT molecular complexity index is 1160. The first-order valence-corrected chi connectivity index (χ1v) is 9.82. The van der Waals surface area contributed by atoms with E-state index in [2.05, 4.69) is 10.3 Å². The molecule has 3 aliphatic heterocycles. The summed E-state index contributed by atoms with van der Waals surface area (Å²) in [6.45, 7) is 0.324. The minimum atomic E-state index is -3.82. The predicted molar refractivity (Wildman–Crippen MR) is 94.6 cm³/mol. The quantitative estimate of drug-likeness (QED) is 0.436. The van der Waals surface area contributed by atoms with Crippen LogP contribution in [-0.2, 0) is 36.7 Å². The number of nitrogens with one attached hydrogen (secondary N) is 2. The molecule has 2 N–H and O–H groups in total. The second-order valence-corrected chi connectivity index (χ2v) is 8.07. The molecule has 27 heavy (non-hydrogen) atoms. The van der Waals surface area contributed by atoms with Gasteiger partial charge in [-0.05, 0) is 35.8 Å². The lowest BCUT2D eigenvalue weighted by Gasteiger charge is -2.19. The fraction of sp³-hybridized carbons (Fsp3) is 0.222. The Morgan fingerprint density at radius 1 is 1.07 bits per heavy atom. The predicted octanol–water partition coefficient (Wildman–Crippen LogP) is 1.48. The summed E-state index contributed by atoms with van der Waals surface area (Å²) in [6.07, 6.45) is 4.17. The van der Waals surface area contributed by atoms with Gasteiger partial charge in [-0.3, -0.25) is 8.98 Å². The number of cyclic esters (lactones) is 1. The van der Waals surface area contributed by atoms with Crippen LogP contribution in [0.4, 0.5) is 5.69 Å². The largest absolute Gasteiger partial charge is 0.462 e. The van der Waals surface area contributed by atoms with Crippen LogP contribution in [0, 0.1) is 0 Å². The zero-order valence-corrected chi connectivity index (χ0v) is 14.8. The molecule has 0 saturated carbocycles. The van der Waals surface area contributed by atoms with Crippen LogP contribution in [0.25, 0.3) is 11.6 Å². The molecule has 0 radical (unpaired) electrons. The second-order valence-electron chi connectivity index (χ2n) is 6.48. The summed E-state index contributed by atoms with van der Waals surface area (Å²) in [4.78, 5) is 27.5. The molecule has 9 heteroatoms. The molecule has 0 aliphatic carbocycles. The molecule has 8 nitrogen and oxygen atoms in total. The average Bonchev–Trinajstić information content (AvgIpc) is 3.17. The Labute approximate surface area is 154 Å². The molecule has 138 valence electrons. The first kappa shape index (κ1) is 16.3. The van der Waals surface area contributed by atoms with Gasteiger partial charge in [0, 0.05) is 29.6 Å². The second kappa shape index (κ2) is 5.54. The van der Waals surface area contributed by atoms with Gasteiger partial charge in [-0.1, -0.05) is 0 Å². The van der Waals surface area contributed by atoms with Crippen LogP contribution in [0.5, 0.6) is 0 Å². The van der Waals surface area contributed by atoms with E-state index in [4.69, 9.17) is 8.92 Å². The Balaban J connectivity index is 1.70. The van der Waals surface area contributed by atoms with E-state index < -0.39 is 16.1 Å². The van der Waals surface area contributed by atoms with E-state index in [0.717, 1.165) is 5.56 Å². The van der Waals surface area contributed by atoms with Gasteiger partial charge in [0.15, 0.2) is 0 Å². The van der Waals surface area contributed by atoms with Gasteiger partial charge in [0.05, 0.1) is 29.2 Å². The number of rotatable bonds is 1. The summed E-state index contributed by atoms with van der Waals surface area (Å²) < 4.78 is 34.3. The molecule has 3 aliphatic rings. The first-order chi connectivity index (χ1) is 13.0. The van der Waals surface area contributed by atoms with Crippen molar-refractivity contribution in [2.45, 2.75) is 17.7 Å². The highest BCUT2D eigenvalue weighted by Crippen LogP contribution is 2.41. The molecule has 0 bridgehead atoms. The van der Waals surface area contributed by atoms with E-state index >= 15 is 0 Å². The van der Waals surface area contributed by atoms with Gasteiger partial charge in [0.1, 0.15) is 0 Å². The van der Waals surface area contributed by atoms with Crippen LogP contribution >= 0.6 is 0 Å². The third-order valence-corrected chi connectivity index (χ3v) is 6.41. The van der Waals surface area contributed by atoms with Crippen LogP contribution in [0.3, 0.4) is 0 Å². The molecular formula is C18H14N2O6S. The number of carbonyl (C=O) groups is 2. The zero-order valence-electron chi connectivity index (χ0n) is 14.0. The Morgan fingerprint density at radius 2 is 1.89 bits per heavy atom. The number of hydrogen-bond donors (Lipinski definition) is 2. The molecule has 4 heterocycles. The zero-order chi connectivity index (χ0) is 18.8. The first-order valence-electron chi connectivity index (χ1n) is 8.42. The lowest BCUT2D eigenvalue weighted by atomic mass is 9.96. The molecule has 0 unspecified atom stereocenters. The molecular weight excluding hydrogens is 372 g/mol. The number of aromatic amines is 1. The maximum absolute atomic E-state index is 12.6. The molecule has 1 amide bonds. The topological polar surface area (TPSA) is 115 Å². The number of carbonyl (C=O) groups excluding carboxylic acids is 2. The van der Waals surface area contributed by atoms with Crippen molar-refractivity contribution >= 4 is 39.3 Å². The van der Waals surface area contributed by atoms with Crippen molar-refractivity contribution in [3.8, 4) is 0 Å². The van der Waals surface area contributed by atoms with Crippen molar-refractivity contribution < 1.29 is 26.9 Å². The number of anilines is 1. The highest BCUT2D eigenvalue weighted by molar-refractivity contribution is 7.86. The van der Waals surface area contributed by atoms with Crippen molar-refractivity contribution in [1.29, 1.82) is 0 Å². The monoisotopic (exact) mass is 386 g/mol. The van der Waals surface area contributed by atoms with E-state index in [1.54, 1.807) is 18.3 Å². The van der Waals surface area contributed by atoms with Crippen LogP contribution in [0.15, 0.2) is 23.2 Å². The summed E-state index contributed by atoms with van der Waals surface area (Å²) in [5.74, 6) is -0.710. The number of ether oxygens (including phenoxy) is 1. The van der Waals surface area contributed by atoms with Crippen molar-refractivity contribution in [2.24, 2.45) is 0 Å². The van der Waals surface area contributed by atoms with Crippen molar-refractivity contribution in [1.82, 2.24) is 4.98 Å². The number of fused-ring (bicyclic) bond motifs is 4. The minimum Gasteiger partial charge on any atom is -0.462 e. The molecule has 0 fully saturated rings. The minimum absolute atomic E-state index is 0.0387. The summed E-state index contributed by atoms with van der Waals surface area (Å²) in [6, 6.07) is 3.03. The molecule has 5 rings (SSSR count). The normalized spacial score (nSPS) is 21.3. The van der Waals surface area contributed by atoms with Gasteiger partial charge in [-0.15, -0.1) is 0 Å². The molecule has 2 aromatic rings. The Kier molecular flexibility index (Phi) is 3.34. The Morgan fingerprint density at radius 3 is 2.74 bits per heavy atom. The molecule has 0 spiro atoms. The highest BCUT2D eigenvalue weighted by atomic mass is 32.2. The number of aromatic nitrogens is 1. The smallest absolute Gasteiger partial charge is 0.339 e. The fourth-order valence-corrected chi connectivity index (χ4v) is 4.97. The van der Waals surface area contributed by atoms with Crippen LogP contribution in [-0.4, -0.2) is 38.5 Å². The third kappa shape index (κ3) is 2.35. The maximum atomic E-state index is 12.6. The Hall–Kier alpha value is -2.91. The standard InChI is InChI=1S/C18H14N2O6S/c21-17-11(7-14-9-3-5-25-18(22)12(9)8-19-14)16-10-4-6-26-27(23,24)15(10)2-1-13(16)20-17/h1-2,7-8,19H,3-6H2,(H,20,21).